The number of ether oxygens (including phenoxy) is 2. The number of methoxy groups -OCH3 is 1. The summed E-state index contributed by atoms with van der Waals surface area (Å²) in [4.78, 5) is 28.5. The van der Waals surface area contributed by atoms with Gasteiger partial charge in [0, 0.05) is 24.5 Å². The van der Waals surface area contributed by atoms with Crippen LogP contribution in [0.3, 0.4) is 0 Å². The fraction of sp³-hybridized carbons (Fsp3) is 0.286. The molecule has 1 atom stereocenters. The summed E-state index contributed by atoms with van der Waals surface area (Å²) in [6.45, 7) is 2.40. The lowest BCUT2D eigenvalue weighted by atomic mass is 10.0. The number of amides is 2. The minimum absolute atomic E-state index is 0.199. The van der Waals surface area contributed by atoms with Crippen LogP contribution >= 0.6 is 23.2 Å². The number of carbonyl (C=O) groups is 2. The quantitative estimate of drug-likeness (QED) is 0.334. The molecule has 1 N–H and O–H groups in total. The Balaban J connectivity index is 1.91. The molecule has 3 aromatic carbocycles. The van der Waals surface area contributed by atoms with E-state index in [-0.39, 0.29) is 25.0 Å². The number of carbonyl (C=O) groups excluding carboxylic acids is 2. The van der Waals surface area contributed by atoms with Gasteiger partial charge in [-0.15, -0.1) is 0 Å². The van der Waals surface area contributed by atoms with Gasteiger partial charge >= 0.3 is 0 Å². The molecule has 0 aliphatic rings. The molecule has 0 spiro atoms. The first-order chi connectivity index (χ1) is 17.4. The van der Waals surface area contributed by atoms with Gasteiger partial charge in [-0.25, -0.2) is 0 Å². The van der Waals surface area contributed by atoms with Crippen LogP contribution in [0.1, 0.15) is 24.5 Å². The second-order valence-electron chi connectivity index (χ2n) is 8.23. The average Bonchev–Trinajstić information content (AvgIpc) is 2.89. The molecule has 0 aliphatic carbocycles. The Morgan fingerprint density at radius 2 is 1.72 bits per heavy atom. The van der Waals surface area contributed by atoms with E-state index < -0.39 is 6.04 Å². The summed E-state index contributed by atoms with van der Waals surface area (Å²) in [6, 6.07) is 21.1. The van der Waals surface area contributed by atoms with Gasteiger partial charge in [0.1, 0.15) is 17.5 Å². The first-order valence-corrected chi connectivity index (χ1v) is 12.5. The monoisotopic (exact) mass is 528 g/mol. The molecule has 6 nitrogen and oxygen atoms in total. The van der Waals surface area contributed by atoms with Gasteiger partial charge in [-0.1, -0.05) is 72.6 Å². The highest BCUT2D eigenvalue weighted by Crippen LogP contribution is 2.28. The summed E-state index contributed by atoms with van der Waals surface area (Å²) in [7, 11) is 1.59. The van der Waals surface area contributed by atoms with Crippen LogP contribution in [-0.2, 0) is 22.6 Å². The van der Waals surface area contributed by atoms with Crippen molar-refractivity contribution in [1.29, 1.82) is 0 Å². The molecule has 0 aromatic heterocycles. The zero-order valence-corrected chi connectivity index (χ0v) is 21.9. The zero-order chi connectivity index (χ0) is 25.9. The van der Waals surface area contributed by atoms with Crippen LogP contribution in [0, 0.1) is 0 Å². The number of hydrogen-bond donors (Lipinski definition) is 1. The molecule has 0 fully saturated rings. The van der Waals surface area contributed by atoms with E-state index in [4.69, 9.17) is 32.7 Å². The smallest absolute Gasteiger partial charge is 0.261 e. The number of halogens is 2. The van der Waals surface area contributed by atoms with Crippen LogP contribution < -0.4 is 14.8 Å². The third-order valence-electron chi connectivity index (χ3n) is 5.55. The molecular weight excluding hydrogens is 499 g/mol. The Kier molecular flexibility index (Phi) is 10.5. The van der Waals surface area contributed by atoms with E-state index in [0.29, 0.717) is 34.5 Å². The van der Waals surface area contributed by atoms with Crippen molar-refractivity contribution in [1.82, 2.24) is 10.2 Å². The molecule has 36 heavy (non-hydrogen) atoms. The number of nitrogens with zero attached hydrogens (tertiary/aromatic N) is 1. The molecule has 3 aromatic rings. The topological polar surface area (TPSA) is 67.9 Å². The van der Waals surface area contributed by atoms with Crippen LogP contribution in [0.4, 0.5) is 0 Å². The Morgan fingerprint density at radius 1 is 0.972 bits per heavy atom. The van der Waals surface area contributed by atoms with Crippen molar-refractivity contribution in [3.8, 4) is 11.5 Å². The fourth-order valence-corrected chi connectivity index (χ4v) is 4.17. The SMILES string of the molecule is CCCNC(=O)[C@@H](Cc1ccccc1)N(Cc1cccc(OC)c1)C(=O)COc1ccc(Cl)cc1Cl. The van der Waals surface area contributed by atoms with Gasteiger partial charge in [0.15, 0.2) is 6.61 Å². The molecule has 8 heteroatoms. The van der Waals surface area contributed by atoms with Crippen LogP contribution in [0.15, 0.2) is 72.8 Å². The number of nitrogens with one attached hydrogen (secondary N) is 1. The number of rotatable bonds is 12. The normalized spacial score (nSPS) is 11.4. The summed E-state index contributed by atoms with van der Waals surface area (Å²) in [5.41, 5.74) is 1.77. The maximum absolute atomic E-state index is 13.6. The Hall–Kier alpha value is -3.22. The minimum atomic E-state index is -0.748. The zero-order valence-electron chi connectivity index (χ0n) is 20.4. The largest absolute Gasteiger partial charge is 0.497 e. The minimum Gasteiger partial charge on any atom is -0.497 e. The molecule has 0 radical (unpaired) electrons. The lowest BCUT2D eigenvalue weighted by Gasteiger charge is -2.31. The molecule has 0 heterocycles. The Bertz CT molecular complexity index is 1160. The summed E-state index contributed by atoms with van der Waals surface area (Å²) >= 11 is 12.2. The average molecular weight is 529 g/mol. The Labute approximate surface area is 222 Å². The van der Waals surface area contributed by atoms with Crippen molar-refractivity contribution in [2.45, 2.75) is 32.4 Å². The standard InChI is InChI=1S/C28H30Cl2N2O4/c1-3-14-31-28(34)25(16-20-8-5-4-6-9-20)32(18-21-10-7-11-23(15-21)35-2)27(33)19-36-26-13-12-22(29)17-24(26)30/h4-13,15,17,25H,3,14,16,18-19H2,1-2H3,(H,31,34)/t25-/m1/s1. The van der Waals surface area contributed by atoms with Crippen LogP contribution in [0.25, 0.3) is 0 Å². The molecular formula is C28H30Cl2N2O4. The van der Waals surface area contributed by atoms with E-state index in [1.807, 2.05) is 61.5 Å². The van der Waals surface area contributed by atoms with Crippen LogP contribution in [-0.4, -0.2) is 43.0 Å². The molecule has 0 unspecified atom stereocenters. The summed E-state index contributed by atoms with van der Waals surface area (Å²) < 4.78 is 11.1. The molecule has 0 bridgehead atoms. The van der Waals surface area contributed by atoms with E-state index in [0.717, 1.165) is 17.5 Å². The van der Waals surface area contributed by atoms with Crippen molar-refractivity contribution < 1.29 is 19.1 Å². The highest BCUT2D eigenvalue weighted by Gasteiger charge is 2.30. The van der Waals surface area contributed by atoms with E-state index in [9.17, 15) is 9.59 Å². The lowest BCUT2D eigenvalue weighted by molar-refractivity contribution is -0.142. The molecule has 2 amide bonds. The van der Waals surface area contributed by atoms with Crippen molar-refractivity contribution in [3.63, 3.8) is 0 Å². The summed E-state index contributed by atoms with van der Waals surface area (Å²) in [6.07, 6.45) is 1.14. The predicted octanol–water partition coefficient (Wildman–Crippen LogP) is 5.55. The third kappa shape index (κ3) is 7.90. The van der Waals surface area contributed by atoms with Crippen molar-refractivity contribution in [2.24, 2.45) is 0 Å². The molecule has 0 saturated heterocycles. The van der Waals surface area contributed by atoms with Gasteiger partial charge in [0.2, 0.25) is 5.91 Å². The van der Waals surface area contributed by atoms with E-state index >= 15 is 0 Å². The van der Waals surface area contributed by atoms with Crippen LogP contribution in [0.2, 0.25) is 10.0 Å². The maximum Gasteiger partial charge on any atom is 0.261 e. The van der Waals surface area contributed by atoms with Gasteiger partial charge in [0.25, 0.3) is 5.91 Å². The number of benzene rings is 3. The second-order valence-corrected chi connectivity index (χ2v) is 9.08. The second kappa shape index (κ2) is 13.8. The van der Waals surface area contributed by atoms with Crippen LogP contribution in [0.5, 0.6) is 11.5 Å². The predicted molar refractivity (Wildman–Crippen MR) is 143 cm³/mol. The van der Waals surface area contributed by atoms with E-state index in [2.05, 4.69) is 5.32 Å². The highest BCUT2D eigenvalue weighted by molar-refractivity contribution is 6.35. The third-order valence-corrected chi connectivity index (χ3v) is 6.08. The van der Waals surface area contributed by atoms with E-state index in [1.165, 1.54) is 0 Å². The van der Waals surface area contributed by atoms with Crippen molar-refractivity contribution in [2.75, 3.05) is 20.3 Å². The van der Waals surface area contributed by atoms with Gasteiger partial charge < -0.3 is 19.7 Å². The van der Waals surface area contributed by atoms with Gasteiger partial charge in [0.05, 0.1) is 12.1 Å². The summed E-state index contributed by atoms with van der Waals surface area (Å²) in [5, 5.41) is 3.72. The molecule has 0 saturated carbocycles. The van der Waals surface area contributed by atoms with Gasteiger partial charge in [-0.05, 0) is 47.9 Å². The van der Waals surface area contributed by atoms with Gasteiger partial charge in [-0.2, -0.15) is 0 Å². The fourth-order valence-electron chi connectivity index (χ4n) is 3.70. The molecule has 190 valence electrons. The first kappa shape index (κ1) is 27.4. The van der Waals surface area contributed by atoms with Crippen molar-refractivity contribution in [3.05, 3.63) is 94.0 Å². The highest BCUT2D eigenvalue weighted by atomic mass is 35.5. The maximum atomic E-state index is 13.6. The first-order valence-electron chi connectivity index (χ1n) is 11.7. The Morgan fingerprint density at radius 3 is 2.42 bits per heavy atom. The lowest BCUT2D eigenvalue weighted by Crippen LogP contribution is -2.51. The van der Waals surface area contributed by atoms with Gasteiger partial charge in [-0.3, -0.25) is 9.59 Å². The molecule has 3 rings (SSSR count). The van der Waals surface area contributed by atoms with E-state index in [1.54, 1.807) is 30.2 Å². The number of hydrogen-bond acceptors (Lipinski definition) is 4. The molecule has 0 aliphatic heterocycles. The van der Waals surface area contributed by atoms with Crippen molar-refractivity contribution >= 4 is 35.0 Å². The summed E-state index contributed by atoms with van der Waals surface area (Å²) in [5.74, 6) is 0.433.